The standard InChI is InChI=1S/C15H22BrClN2/c1-19(15-5-3-2-4-11(15)9-18)10-12-6-7-13(17)8-14(12)16/h6-8,11,15H,2-5,9-10,18H2,1H3. The van der Waals surface area contributed by atoms with Gasteiger partial charge in [-0.25, -0.2) is 0 Å². The number of benzene rings is 1. The molecule has 0 aromatic heterocycles. The summed E-state index contributed by atoms with van der Waals surface area (Å²) in [6.45, 7) is 1.75. The van der Waals surface area contributed by atoms with E-state index >= 15 is 0 Å². The number of nitrogens with two attached hydrogens (primary N) is 1. The minimum atomic E-state index is 0.612. The van der Waals surface area contributed by atoms with Crippen LogP contribution in [0.5, 0.6) is 0 Å². The molecule has 0 aliphatic heterocycles. The van der Waals surface area contributed by atoms with E-state index in [9.17, 15) is 0 Å². The highest BCUT2D eigenvalue weighted by Gasteiger charge is 2.27. The zero-order valence-corrected chi connectivity index (χ0v) is 13.8. The number of halogens is 2. The van der Waals surface area contributed by atoms with E-state index in [1.165, 1.54) is 31.2 Å². The second kappa shape index (κ2) is 7.07. The van der Waals surface area contributed by atoms with Crippen LogP contribution in [0.4, 0.5) is 0 Å². The fourth-order valence-corrected chi connectivity index (χ4v) is 3.89. The van der Waals surface area contributed by atoms with Crippen LogP contribution in [0.1, 0.15) is 31.2 Å². The van der Waals surface area contributed by atoms with Gasteiger partial charge in [-0.1, -0.05) is 46.4 Å². The van der Waals surface area contributed by atoms with Crippen LogP contribution in [0.15, 0.2) is 22.7 Å². The smallest absolute Gasteiger partial charge is 0.0417 e. The Hall–Kier alpha value is -0.0900. The van der Waals surface area contributed by atoms with Gasteiger partial charge in [0.05, 0.1) is 0 Å². The topological polar surface area (TPSA) is 29.3 Å². The number of hydrogen-bond acceptors (Lipinski definition) is 2. The van der Waals surface area contributed by atoms with Crippen LogP contribution in [-0.4, -0.2) is 24.5 Å². The number of rotatable bonds is 4. The average molecular weight is 346 g/mol. The Morgan fingerprint density at radius 2 is 2.11 bits per heavy atom. The molecule has 0 amide bonds. The van der Waals surface area contributed by atoms with Crippen LogP contribution in [0.25, 0.3) is 0 Å². The molecule has 1 saturated carbocycles. The molecule has 0 bridgehead atoms. The summed E-state index contributed by atoms with van der Waals surface area (Å²) in [4.78, 5) is 2.45. The predicted octanol–water partition coefficient (Wildman–Crippen LogP) is 4.05. The molecule has 106 valence electrons. The first-order valence-electron chi connectivity index (χ1n) is 6.96. The summed E-state index contributed by atoms with van der Waals surface area (Å²) in [5, 5.41) is 0.774. The summed E-state index contributed by atoms with van der Waals surface area (Å²) < 4.78 is 1.09. The molecule has 0 spiro atoms. The molecule has 1 aliphatic rings. The third kappa shape index (κ3) is 3.94. The van der Waals surface area contributed by atoms with E-state index < -0.39 is 0 Å². The normalized spacial score (nSPS) is 23.8. The lowest BCUT2D eigenvalue weighted by Gasteiger charge is -2.37. The van der Waals surface area contributed by atoms with Crippen molar-refractivity contribution in [2.24, 2.45) is 11.7 Å². The van der Waals surface area contributed by atoms with Gasteiger partial charge in [0.15, 0.2) is 0 Å². The molecule has 2 N–H and O–H groups in total. The summed E-state index contributed by atoms with van der Waals surface area (Å²) in [5.41, 5.74) is 7.21. The van der Waals surface area contributed by atoms with Gasteiger partial charge in [-0.05, 0) is 50.0 Å². The van der Waals surface area contributed by atoms with Gasteiger partial charge in [0, 0.05) is 22.1 Å². The highest BCUT2D eigenvalue weighted by atomic mass is 79.9. The van der Waals surface area contributed by atoms with Gasteiger partial charge in [-0.15, -0.1) is 0 Å². The lowest BCUT2D eigenvalue weighted by Crippen LogP contribution is -2.42. The molecule has 0 heterocycles. The Kier molecular flexibility index (Phi) is 5.70. The van der Waals surface area contributed by atoms with E-state index in [0.717, 1.165) is 22.6 Å². The minimum Gasteiger partial charge on any atom is -0.330 e. The molecule has 1 aliphatic carbocycles. The van der Waals surface area contributed by atoms with E-state index in [1.54, 1.807) is 0 Å². The predicted molar refractivity (Wildman–Crippen MR) is 85.4 cm³/mol. The maximum absolute atomic E-state index is 5.99. The second-order valence-electron chi connectivity index (χ2n) is 5.50. The minimum absolute atomic E-state index is 0.612. The SMILES string of the molecule is CN(Cc1ccc(Cl)cc1Br)C1CCCCC1CN. The average Bonchev–Trinajstić information content (AvgIpc) is 2.41. The summed E-state index contributed by atoms with van der Waals surface area (Å²) in [5.74, 6) is 0.643. The van der Waals surface area contributed by atoms with Crippen LogP contribution in [0.2, 0.25) is 5.02 Å². The number of hydrogen-bond donors (Lipinski definition) is 1. The van der Waals surface area contributed by atoms with Gasteiger partial charge in [0.1, 0.15) is 0 Å². The second-order valence-corrected chi connectivity index (χ2v) is 6.79. The van der Waals surface area contributed by atoms with Crippen LogP contribution < -0.4 is 5.73 Å². The van der Waals surface area contributed by atoms with Crippen molar-refractivity contribution in [2.75, 3.05) is 13.6 Å². The van der Waals surface area contributed by atoms with E-state index in [0.29, 0.717) is 12.0 Å². The molecule has 2 atom stereocenters. The van der Waals surface area contributed by atoms with E-state index in [4.69, 9.17) is 17.3 Å². The monoisotopic (exact) mass is 344 g/mol. The first-order chi connectivity index (χ1) is 9.11. The van der Waals surface area contributed by atoms with Crippen molar-refractivity contribution in [2.45, 2.75) is 38.3 Å². The van der Waals surface area contributed by atoms with Crippen molar-refractivity contribution in [3.63, 3.8) is 0 Å². The fourth-order valence-electron chi connectivity index (χ4n) is 3.08. The Balaban J connectivity index is 2.04. The van der Waals surface area contributed by atoms with Crippen molar-refractivity contribution in [3.8, 4) is 0 Å². The Morgan fingerprint density at radius 1 is 1.37 bits per heavy atom. The zero-order valence-electron chi connectivity index (χ0n) is 11.4. The fraction of sp³-hybridized carbons (Fsp3) is 0.600. The quantitative estimate of drug-likeness (QED) is 0.892. The summed E-state index contributed by atoms with van der Waals surface area (Å²) in [6, 6.07) is 6.63. The first kappa shape index (κ1) is 15.3. The molecule has 1 fully saturated rings. The molecule has 1 aromatic carbocycles. The Morgan fingerprint density at radius 3 is 2.79 bits per heavy atom. The van der Waals surface area contributed by atoms with Crippen molar-refractivity contribution in [1.82, 2.24) is 4.90 Å². The summed E-state index contributed by atoms with van der Waals surface area (Å²) >= 11 is 9.58. The first-order valence-corrected chi connectivity index (χ1v) is 8.13. The highest BCUT2D eigenvalue weighted by molar-refractivity contribution is 9.10. The van der Waals surface area contributed by atoms with Gasteiger partial charge < -0.3 is 5.73 Å². The van der Waals surface area contributed by atoms with Crippen molar-refractivity contribution in [3.05, 3.63) is 33.3 Å². The molecule has 2 nitrogen and oxygen atoms in total. The summed E-state index contributed by atoms with van der Waals surface area (Å²) in [7, 11) is 2.21. The molecular weight excluding hydrogens is 324 g/mol. The van der Waals surface area contributed by atoms with Gasteiger partial charge in [-0.2, -0.15) is 0 Å². The van der Waals surface area contributed by atoms with E-state index in [1.807, 2.05) is 12.1 Å². The molecule has 2 unspecified atom stereocenters. The van der Waals surface area contributed by atoms with Crippen LogP contribution in [0, 0.1) is 5.92 Å². The molecule has 1 aromatic rings. The van der Waals surface area contributed by atoms with Gasteiger partial charge >= 0.3 is 0 Å². The molecule has 0 saturated heterocycles. The summed E-state index contributed by atoms with van der Waals surface area (Å²) in [6.07, 6.45) is 5.20. The lowest BCUT2D eigenvalue weighted by atomic mass is 9.83. The molecule has 2 rings (SSSR count). The van der Waals surface area contributed by atoms with Gasteiger partial charge in [0.25, 0.3) is 0 Å². The largest absolute Gasteiger partial charge is 0.330 e. The molecule has 0 radical (unpaired) electrons. The third-order valence-electron chi connectivity index (χ3n) is 4.17. The zero-order chi connectivity index (χ0) is 13.8. The van der Waals surface area contributed by atoms with Crippen molar-refractivity contribution >= 4 is 27.5 Å². The highest BCUT2D eigenvalue weighted by Crippen LogP contribution is 2.29. The number of nitrogens with zero attached hydrogens (tertiary/aromatic N) is 1. The van der Waals surface area contributed by atoms with E-state index in [2.05, 4.69) is 33.9 Å². The van der Waals surface area contributed by atoms with Crippen LogP contribution in [0.3, 0.4) is 0 Å². The maximum atomic E-state index is 5.99. The van der Waals surface area contributed by atoms with Crippen molar-refractivity contribution in [1.29, 1.82) is 0 Å². The third-order valence-corrected chi connectivity index (χ3v) is 5.15. The van der Waals surface area contributed by atoms with Crippen LogP contribution in [-0.2, 0) is 6.54 Å². The van der Waals surface area contributed by atoms with Gasteiger partial charge in [0.2, 0.25) is 0 Å². The van der Waals surface area contributed by atoms with Gasteiger partial charge in [-0.3, -0.25) is 4.90 Å². The molecule has 4 heteroatoms. The molecular formula is C15H22BrClN2. The lowest BCUT2D eigenvalue weighted by molar-refractivity contribution is 0.127. The van der Waals surface area contributed by atoms with Crippen molar-refractivity contribution < 1.29 is 0 Å². The Labute approximate surface area is 129 Å². The maximum Gasteiger partial charge on any atom is 0.0417 e. The van der Waals surface area contributed by atoms with E-state index in [-0.39, 0.29) is 0 Å². The Bertz CT molecular complexity index is 425. The van der Waals surface area contributed by atoms with Crippen LogP contribution >= 0.6 is 27.5 Å². The molecule has 19 heavy (non-hydrogen) atoms.